The molecule has 0 unspecified atom stereocenters. The van der Waals surface area contributed by atoms with Crippen molar-refractivity contribution in [2.75, 3.05) is 13.7 Å². The summed E-state index contributed by atoms with van der Waals surface area (Å²) in [6.07, 6.45) is 2.80. The molecule has 0 aliphatic carbocycles. The van der Waals surface area contributed by atoms with Gasteiger partial charge in [0, 0.05) is 18.4 Å². The van der Waals surface area contributed by atoms with Crippen LogP contribution < -0.4 is 5.32 Å². The molecule has 16 heavy (non-hydrogen) atoms. The highest BCUT2D eigenvalue weighted by Crippen LogP contribution is 2.19. The van der Waals surface area contributed by atoms with E-state index in [4.69, 9.17) is 0 Å². The van der Waals surface area contributed by atoms with Gasteiger partial charge in [-0.2, -0.15) is 0 Å². The summed E-state index contributed by atoms with van der Waals surface area (Å²) < 4.78 is 4.52. The third-order valence-corrected chi connectivity index (χ3v) is 2.82. The van der Waals surface area contributed by atoms with Crippen LogP contribution in [0.5, 0.6) is 0 Å². The lowest BCUT2D eigenvalue weighted by molar-refractivity contribution is -0.140. The first-order valence-electron chi connectivity index (χ1n) is 5.79. The summed E-state index contributed by atoms with van der Waals surface area (Å²) in [5.41, 5.74) is -0.303. The van der Waals surface area contributed by atoms with Gasteiger partial charge < -0.3 is 10.1 Å². The Morgan fingerprint density at radius 1 is 1.25 bits per heavy atom. The smallest absolute Gasteiger partial charge is 0.305 e. The van der Waals surface area contributed by atoms with Crippen LogP contribution in [0.3, 0.4) is 0 Å². The molecule has 4 nitrogen and oxygen atoms in total. The van der Waals surface area contributed by atoms with Gasteiger partial charge in [0.15, 0.2) is 0 Å². The lowest BCUT2D eigenvalue weighted by Gasteiger charge is -2.21. The minimum atomic E-state index is -0.303. The Kier molecular flexibility index (Phi) is 6.77. The highest BCUT2D eigenvalue weighted by molar-refractivity contribution is 5.81. The number of nitrogens with one attached hydrogen (secondary N) is 1. The number of methoxy groups -OCH3 is 1. The first kappa shape index (κ1) is 14.9. The topological polar surface area (TPSA) is 55.4 Å². The molecular weight excluding hydrogens is 206 g/mol. The summed E-state index contributed by atoms with van der Waals surface area (Å²) in [6, 6.07) is 0. The van der Waals surface area contributed by atoms with Crippen LogP contribution in [0.15, 0.2) is 0 Å². The van der Waals surface area contributed by atoms with Gasteiger partial charge in [-0.05, 0) is 19.3 Å². The molecule has 0 fully saturated rings. The Morgan fingerprint density at radius 3 is 2.38 bits per heavy atom. The molecule has 0 aromatic heterocycles. The van der Waals surface area contributed by atoms with Crippen LogP contribution >= 0.6 is 0 Å². The zero-order chi connectivity index (χ0) is 12.6. The Balaban J connectivity index is 3.60. The number of hydrogen-bond donors (Lipinski definition) is 1. The lowest BCUT2D eigenvalue weighted by Crippen LogP contribution is -2.36. The number of hydrogen-bond acceptors (Lipinski definition) is 3. The maximum Gasteiger partial charge on any atom is 0.305 e. The van der Waals surface area contributed by atoms with Gasteiger partial charge in [-0.25, -0.2) is 0 Å². The molecule has 0 atom stereocenters. The van der Waals surface area contributed by atoms with Gasteiger partial charge in [0.05, 0.1) is 7.11 Å². The standard InChI is InChI=1S/C12H23NO3/c1-5-12(2,3)11(15)13-9-7-6-8-10(14)16-4/h5-9H2,1-4H3,(H,13,15). The molecule has 0 aromatic rings. The van der Waals surface area contributed by atoms with Gasteiger partial charge in [-0.1, -0.05) is 20.8 Å². The summed E-state index contributed by atoms with van der Waals surface area (Å²) in [4.78, 5) is 22.5. The zero-order valence-corrected chi connectivity index (χ0v) is 10.8. The van der Waals surface area contributed by atoms with E-state index in [0.717, 1.165) is 19.3 Å². The first-order chi connectivity index (χ1) is 7.44. The number of carbonyl (C=O) groups is 2. The highest BCUT2D eigenvalue weighted by atomic mass is 16.5. The molecule has 0 saturated carbocycles. The minimum Gasteiger partial charge on any atom is -0.469 e. The number of esters is 1. The van der Waals surface area contributed by atoms with Crippen molar-refractivity contribution >= 4 is 11.9 Å². The summed E-state index contributed by atoms with van der Waals surface area (Å²) >= 11 is 0. The fraction of sp³-hybridized carbons (Fsp3) is 0.833. The van der Waals surface area contributed by atoms with E-state index in [0.29, 0.717) is 13.0 Å². The van der Waals surface area contributed by atoms with Crippen LogP contribution in [0.25, 0.3) is 0 Å². The Morgan fingerprint density at radius 2 is 1.88 bits per heavy atom. The average molecular weight is 229 g/mol. The van der Waals surface area contributed by atoms with E-state index in [-0.39, 0.29) is 17.3 Å². The van der Waals surface area contributed by atoms with Gasteiger partial charge >= 0.3 is 5.97 Å². The maximum absolute atomic E-state index is 11.6. The van der Waals surface area contributed by atoms with Crippen LogP contribution in [0.4, 0.5) is 0 Å². The molecule has 0 spiro atoms. The van der Waals surface area contributed by atoms with Crippen molar-refractivity contribution in [1.82, 2.24) is 5.32 Å². The van der Waals surface area contributed by atoms with Crippen LogP contribution in [0.1, 0.15) is 46.5 Å². The van der Waals surface area contributed by atoms with Crippen LogP contribution in [-0.4, -0.2) is 25.5 Å². The minimum absolute atomic E-state index is 0.0769. The maximum atomic E-state index is 11.6. The van der Waals surface area contributed by atoms with Crippen molar-refractivity contribution in [3.8, 4) is 0 Å². The Labute approximate surface area is 97.7 Å². The van der Waals surface area contributed by atoms with Gasteiger partial charge in [0.25, 0.3) is 0 Å². The van der Waals surface area contributed by atoms with E-state index >= 15 is 0 Å². The van der Waals surface area contributed by atoms with Crippen molar-refractivity contribution in [3.05, 3.63) is 0 Å². The molecule has 0 saturated heterocycles. The molecule has 0 aliphatic heterocycles. The third-order valence-electron chi connectivity index (χ3n) is 2.82. The van der Waals surface area contributed by atoms with Crippen molar-refractivity contribution in [3.63, 3.8) is 0 Å². The van der Waals surface area contributed by atoms with Gasteiger partial charge in [-0.15, -0.1) is 0 Å². The monoisotopic (exact) mass is 229 g/mol. The van der Waals surface area contributed by atoms with E-state index in [1.165, 1.54) is 7.11 Å². The van der Waals surface area contributed by atoms with Gasteiger partial charge in [0.2, 0.25) is 5.91 Å². The van der Waals surface area contributed by atoms with E-state index in [2.05, 4.69) is 10.1 Å². The predicted octanol–water partition coefficient (Wildman–Crippen LogP) is 1.88. The Hall–Kier alpha value is -1.06. The predicted molar refractivity (Wildman–Crippen MR) is 62.9 cm³/mol. The van der Waals surface area contributed by atoms with E-state index in [9.17, 15) is 9.59 Å². The number of carbonyl (C=O) groups excluding carboxylic acids is 2. The molecule has 94 valence electrons. The van der Waals surface area contributed by atoms with E-state index in [1.54, 1.807) is 0 Å². The van der Waals surface area contributed by atoms with Crippen molar-refractivity contribution < 1.29 is 14.3 Å². The normalized spacial score (nSPS) is 11.0. The molecule has 0 aliphatic rings. The van der Waals surface area contributed by atoms with E-state index < -0.39 is 0 Å². The summed E-state index contributed by atoms with van der Waals surface area (Å²) in [5, 5.41) is 2.87. The molecule has 1 amide bonds. The summed E-state index contributed by atoms with van der Waals surface area (Å²) in [5.74, 6) is -0.117. The fourth-order valence-electron chi connectivity index (χ4n) is 1.10. The second-order valence-corrected chi connectivity index (χ2v) is 4.53. The molecule has 0 bridgehead atoms. The zero-order valence-electron chi connectivity index (χ0n) is 10.8. The third kappa shape index (κ3) is 5.73. The molecular formula is C12H23NO3. The molecule has 0 aromatic carbocycles. The van der Waals surface area contributed by atoms with Gasteiger partial charge in [-0.3, -0.25) is 9.59 Å². The second-order valence-electron chi connectivity index (χ2n) is 4.53. The molecule has 0 heterocycles. The molecule has 1 N–H and O–H groups in total. The number of amides is 1. The van der Waals surface area contributed by atoms with E-state index in [1.807, 2.05) is 20.8 Å². The van der Waals surface area contributed by atoms with Crippen LogP contribution in [0, 0.1) is 5.41 Å². The summed E-state index contributed by atoms with van der Waals surface area (Å²) in [7, 11) is 1.38. The second kappa shape index (κ2) is 7.25. The van der Waals surface area contributed by atoms with Crippen LogP contribution in [0.2, 0.25) is 0 Å². The number of rotatable bonds is 7. The van der Waals surface area contributed by atoms with Crippen molar-refractivity contribution in [2.24, 2.45) is 5.41 Å². The van der Waals surface area contributed by atoms with Crippen molar-refractivity contribution in [2.45, 2.75) is 46.5 Å². The fourth-order valence-corrected chi connectivity index (χ4v) is 1.10. The Bertz CT molecular complexity index is 236. The molecule has 4 heteroatoms. The number of ether oxygens (including phenoxy) is 1. The first-order valence-corrected chi connectivity index (χ1v) is 5.79. The quantitative estimate of drug-likeness (QED) is 0.535. The molecule has 0 radical (unpaired) electrons. The average Bonchev–Trinajstić information content (AvgIpc) is 2.27. The number of unbranched alkanes of at least 4 members (excludes halogenated alkanes) is 1. The van der Waals surface area contributed by atoms with Crippen molar-refractivity contribution in [1.29, 1.82) is 0 Å². The van der Waals surface area contributed by atoms with Gasteiger partial charge in [0.1, 0.15) is 0 Å². The SMILES string of the molecule is CCC(C)(C)C(=O)NCCCCC(=O)OC. The summed E-state index contributed by atoms with van der Waals surface area (Å²) in [6.45, 7) is 6.48. The highest BCUT2D eigenvalue weighted by Gasteiger charge is 2.24. The largest absolute Gasteiger partial charge is 0.469 e. The molecule has 0 rings (SSSR count). The lowest BCUT2D eigenvalue weighted by atomic mass is 9.89. The van der Waals surface area contributed by atoms with Crippen LogP contribution in [-0.2, 0) is 14.3 Å².